The number of aliphatic hydroxyl groups excluding tert-OH is 1. The lowest BCUT2D eigenvalue weighted by Gasteiger charge is -2.13. The number of anilines is 1. The average molecular weight is 303 g/mol. The van der Waals surface area contributed by atoms with Crippen molar-refractivity contribution in [3.8, 4) is 5.75 Å². The van der Waals surface area contributed by atoms with Crippen LogP contribution in [0.5, 0.6) is 5.75 Å². The largest absolute Gasteiger partial charge is 0.495 e. The molecule has 0 aliphatic heterocycles. The minimum atomic E-state index is -4.36. The number of rotatable bonds is 5. The Morgan fingerprint density at radius 1 is 1.45 bits per heavy atom. The molecule has 1 aromatic carbocycles. The summed E-state index contributed by atoms with van der Waals surface area (Å²) < 4.78 is 36.4. The lowest BCUT2D eigenvalue weighted by Crippen LogP contribution is -2.18. The quantitative estimate of drug-likeness (QED) is 0.698. The molecular weight excluding hydrogens is 286 g/mol. The van der Waals surface area contributed by atoms with Crippen LogP contribution in [0.15, 0.2) is 17.0 Å². The Morgan fingerprint density at radius 2 is 2.05 bits per heavy atom. The lowest BCUT2D eigenvalue weighted by atomic mass is 10.2. The third-order valence-electron chi connectivity index (χ3n) is 2.53. The molecule has 0 aliphatic rings. The van der Waals surface area contributed by atoms with Crippen molar-refractivity contribution in [3.63, 3.8) is 0 Å². The Labute approximate surface area is 117 Å². The van der Waals surface area contributed by atoms with Crippen molar-refractivity contribution in [2.75, 3.05) is 12.4 Å². The molecule has 0 heterocycles. The Bertz CT molecular complexity index is 609. The molecule has 1 unspecified atom stereocenters. The van der Waals surface area contributed by atoms with E-state index in [9.17, 15) is 13.2 Å². The molecule has 0 radical (unpaired) electrons. The second-order valence-corrected chi connectivity index (χ2v) is 5.78. The van der Waals surface area contributed by atoms with E-state index in [2.05, 4.69) is 5.32 Å². The van der Waals surface area contributed by atoms with Crippen LogP contribution in [0.3, 0.4) is 0 Å². The van der Waals surface area contributed by atoms with Gasteiger partial charge < -0.3 is 15.2 Å². The molecule has 0 aliphatic carbocycles. The summed E-state index contributed by atoms with van der Waals surface area (Å²) in [4.78, 5) is 11.3. The van der Waals surface area contributed by atoms with Gasteiger partial charge in [0.05, 0.1) is 25.3 Å². The molecule has 1 amide bonds. The zero-order chi connectivity index (χ0) is 15.5. The molecule has 20 heavy (non-hydrogen) atoms. The molecule has 112 valence electrons. The summed E-state index contributed by atoms with van der Waals surface area (Å²) in [5, 5.41) is 11.6. The first-order chi connectivity index (χ1) is 9.15. The highest BCUT2D eigenvalue weighted by Gasteiger charge is 2.18. The minimum absolute atomic E-state index is 0.0950. The van der Waals surface area contributed by atoms with E-state index in [4.69, 9.17) is 14.4 Å². The molecule has 7 nitrogen and oxygen atoms in total. The first-order valence-corrected chi connectivity index (χ1v) is 7.23. The van der Waals surface area contributed by atoms with Gasteiger partial charge in [0.2, 0.25) is 5.91 Å². The van der Waals surface area contributed by atoms with E-state index in [1.165, 1.54) is 27.0 Å². The molecule has 1 aromatic rings. The SMILES string of the molecule is COc1cc(S(=O)(=O)O)c(C)cc1NC(=O)CC(C)O. The number of methoxy groups -OCH3 is 1. The molecule has 0 aromatic heterocycles. The normalized spacial score (nSPS) is 12.8. The zero-order valence-electron chi connectivity index (χ0n) is 11.4. The summed E-state index contributed by atoms with van der Waals surface area (Å²) in [6.07, 6.45) is -0.887. The molecule has 0 fully saturated rings. The number of benzene rings is 1. The number of hydrogen-bond acceptors (Lipinski definition) is 5. The van der Waals surface area contributed by atoms with Crippen LogP contribution in [-0.2, 0) is 14.9 Å². The predicted octanol–water partition coefficient (Wildman–Crippen LogP) is 0.960. The van der Waals surface area contributed by atoms with Crippen LogP contribution in [0.1, 0.15) is 18.9 Å². The van der Waals surface area contributed by atoms with Gasteiger partial charge in [0.25, 0.3) is 10.1 Å². The van der Waals surface area contributed by atoms with E-state index in [1.54, 1.807) is 0 Å². The van der Waals surface area contributed by atoms with E-state index >= 15 is 0 Å². The van der Waals surface area contributed by atoms with E-state index in [1.807, 2.05) is 0 Å². The van der Waals surface area contributed by atoms with E-state index in [-0.39, 0.29) is 28.3 Å². The van der Waals surface area contributed by atoms with Crippen molar-refractivity contribution >= 4 is 21.7 Å². The number of aryl methyl sites for hydroxylation is 1. The number of hydrogen-bond donors (Lipinski definition) is 3. The van der Waals surface area contributed by atoms with Crippen molar-refractivity contribution in [2.24, 2.45) is 0 Å². The van der Waals surface area contributed by atoms with E-state index in [0.29, 0.717) is 0 Å². The first kappa shape index (κ1) is 16.4. The summed E-state index contributed by atoms with van der Waals surface area (Å²) in [6, 6.07) is 2.50. The monoisotopic (exact) mass is 303 g/mol. The first-order valence-electron chi connectivity index (χ1n) is 5.79. The van der Waals surface area contributed by atoms with Gasteiger partial charge in [-0.1, -0.05) is 0 Å². The minimum Gasteiger partial charge on any atom is -0.495 e. The zero-order valence-corrected chi connectivity index (χ0v) is 12.2. The van der Waals surface area contributed by atoms with Crippen molar-refractivity contribution < 1.29 is 27.6 Å². The highest BCUT2D eigenvalue weighted by molar-refractivity contribution is 7.85. The van der Waals surface area contributed by atoms with E-state index < -0.39 is 22.1 Å². The van der Waals surface area contributed by atoms with Crippen molar-refractivity contribution in [2.45, 2.75) is 31.3 Å². The highest BCUT2D eigenvalue weighted by atomic mass is 32.2. The van der Waals surface area contributed by atoms with Crippen molar-refractivity contribution in [1.29, 1.82) is 0 Å². The maximum Gasteiger partial charge on any atom is 0.294 e. The van der Waals surface area contributed by atoms with Crippen LogP contribution in [-0.4, -0.2) is 37.2 Å². The molecular formula is C12H17NO6S. The molecule has 0 saturated carbocycles. The maximum absolute atomic E-state index is 11.6. The number of nitrogens with one attached hydrogen (secondary N) is 1. The summed E-state index contributed by atoms with van der Waals surface area (Å²) in [5.74, 6) is -0.334. The van der Waals surface area contributed by atoms with Gasteiger partial charge in [0.1, 0.15) is 10.6 Å². The van der Waals surface area contributed by atoms with Gasteiger partial charge in [-0.25, -0.2) is 0 Å². The third kappa shape index (κ3) is 4.19. The van der Waals surface area contributed by atoms with Crippen molar-refractivity contribution in [1.82, 2.24) is 0 Å². The average Bonchev–Trinajstić information content (AvgIpc) is 2.26. The van der Waals surface area contributed by atoms with Crippen LogP contribution < -0.4 is 10.1 Å². The fourth-order valence-corrected chi connectivity index (χ4v) is 2.41. The number of ether oxygens (including phenoxy) is 1. The van der Waals surface area contributed by atoms with Gasteiger partial charge in [-0.2, -0.15) is 8.42 Å². The topological polar surface area (TPSA) is 113 Å². The Balaban J connectivity index is 3.16. The van der Waals surface area contributed by atoms with Gasteiger partial charge in [0, 0.05) is 6.07 Å². The molecule has 0 bridgehead atoms. The maximum atomic E-state index is 11.6. The number of aliphatic hydroxyl groups is 1. The summed E-state index contributed by atoms with van der Waals surface area (Å²) in [5.41, 5.74) is 0.531. The molecule has 0 saturated heterocycles. The van der Waals surface area contributed by atoms with Crippen LogP contribution >= 0.6 is 0 Å². The summed E-state index contributed by atoms with van der Waals surface area (Å²) in [7, 11) is -3.05. The van der Waals surface area contributed by atoms with Crippen LogP contribution in [0.2, 0.25) is 0 Å². The Morgan fingerprint density at radius 3 is 2.50 bits per heavy atom. The molecule has 0 spiro atoms. The van der Waals surface area contributed by atoms with Gasteiger partial charge in [-0.3, -0.25) is 9.35 Å². The smallest absolute Gasteiger partial charge is 0.294 e. The van der Waals surface area contributed by atoms with Gasteiger partial charge in [-0.15, -0.1) is 0 Å². The fraction of sp³-hybridized carbons (Fsp3) is 0.417. The van der Waals surface area contributed by atoms with Crippen LogP contribution in [0.4, 0.5) is 5.69 Å². The summed E-state index contributed by atoms with van der Waals surface area (Å²) >= 11 is 0. The number of carbonyl (C=O) groups is 1. The van der Waals surface area contributed by atoms with Gasteiger partial charge >= 0.3 is 0 Å². The Hall–Kier alpha value is -1.64. The second-order valence-electron chi connectivity index (χ2n) is 4.39. The van der Waals surface area contributed by atoms with E-state index in [0.717, 1.165) is 6.07 Å². The lowest BCUT2D eigenvalue weighted by molar-refractivity contribution is -0.117. The van der Waals surface area contributed by atoms with Crippen LogP contribution in [0, 0.1) is 6.92 Å². The Kier molecular flexibility index (Phi) is 5.09. The standard InChI is InChI=1S/C12H17NO6S/c1-7-4-9(13-12(15)5-8(2)14)10(19-3)6-11(7)20(16,17)18/h4,6,8,14H,5H2,1-3H3,(H,13,15)(H,16,17,18). The highest BCUT2D eigenvalue weighted by Crippen LogP contribution is 2.30. The predicted molar refractivity (Wildman–Crippen MR) is 72.5 cm³/mol. The van der Waals surface area contributed by atoms with Crippen LogP contribution in [0.25, 0.3) is 0 Å². The molecule has 1 rings (SSSR count). The van der Waals surface area contributed by atoms with Crippen molar-refractivity contribution in [3.05, 3.63) is 17.7 Å². The number of carbonyl (C=O) groups excluding carboxylic acids is 1. The molecule has 1 atom stereocenters. The number of amides is 1. The summed E-state index contributed by atoms with van der Waals surface area (Å²) in [6.45, 7) is 2.95. The van der Waals surface area contributed by atoms with Gasteiger partial charge in [-0.05, 0) is 25.5 Å². The third-order valence-corrected chi connectivity index (χ3v) is 3.53. The van der Waals surface area contributed by atoms with Gasteiger partial charge in [0.15, 0.2) is 0 Å². The molecule has 3 N–H and O–H groups in total. The molecule has 8 heteroatoms. The second kappa shape index (κ2) is 6.21. The fourth-order valence-electron chi connectivity index (χ4n) is 1.68.